The molecule has 2 atom stereocenters. The minimum atomic E-state index is -2.41. The summed E-state index contributed by atoms with van der Waals surface area (Å²) in [4.78, 5) is 20.3. The largest absolute Gasteiger partial charge is 0.393 e. The van der Waals surface area contributed by atoms with Gasteiger partial charge in [-0.05, 0) is 38.6 Å². The Morgan fingerprint density at radius 2 is 2.22 bits per heavy atom. The Bertz CT molecular complexity index is 811. The zero-order chi connectivity index (χ0) is 20.2. The molecule has 0 bridgehead atoms. The highest BCUT2D eigenvalue weighted by Gasteiger charge is 2.51. The summed E-state index contributed by atoms with van der Waals surface area (Å²) in [6, 6.07) is 2.84. The maximum Gasteiger partial charge on any atom is 0.262 e. The van der Waals surface area contributed by atoms with Crippen LogP contribution in [0.25, 0.3) is 0 Å². The molecule has 146 valence electrons. The van der Waals surface area contributed by atoms with Crippen LogP contribution in [0.3, 0.4) is 0 Å². The van der Waals surface area contributed by atoms with E-state index in [1.54, 1.807) is 6.92 Å². The van der Waals surface area contributed by atoms with Crippen molar-refractivity contribution in [3.05, 3.63) is 51.4 Å². The van der Waals surface area contributed by atoms with Gasteiger partial charge in [0.1, 0.15) is 5.60 Å². The van der Waals surface area contributed by atoms with Gasteiger partial charge >= 0.3 is 0 Å². The summed E-state index contributed by atoms with van der Waals surface area (Å²) in [5.74, 6) is -0.922. The summed E-state index contributed by atoms with van der Waals surface area (Å²) in [6.45, 7) is 4.22. The number of hydrogen-bond acceptors (Lipinski definition) is 5. The molecular formula is C18H20Cl2FN3O3. The number of halogens is 3. The minimum Gasteiger partial charge on any atom is -0.393 e. The highest BCUT2D eigenvalue weighted by Crippen LogP contribution is 2.45. The van der Waals surface area contributed by atoms with Crippen LogP contribution in [0, 0.1) is 0 Å². The van der Waals surface area contributed by atoms with E-state index in [2.05, 4.69) is 22.0 Å². The predicted molar refractivity (Wildman–Crippen MR) is 102 cm³/mol. The van der Waals surface area contributed by atoms with Crippen LogP contribution in [0.2, 0.25) is 0 Å². The monoisotopic (exact) mass is 415 g/mol. The number of pyridine rings is 1. The van der Waals surface area contributed by atoms with Crippen LogP contribution in [-0.2, 0) is 16.1 Å². The second-order valence-corrected chi connectivity index (χ2v) is 7.26. The number of fused-ring (bicyclic) bond motifs is 1. The summed E-state index contributed by atoms with van der Waals surface area (Å²) < 4.78 is 15.6. The van der Waals surface area contributed by atoms with Crippen LogP contribution in [0.5, 0.6) is 0 Å². The lowest BCUT2D eigenvalue weighted by atomic mass is 9.74. The van der Waals surface area contributed by atoms with Crippen molar-refractivity contribution in [2.24, 2.45) is 4.99 Å². The number of allylic oxidation sites excluding steroid dienone is 3. The van der Waals surface area contributed by atoms with E-state index in [9.17, 15) is 15.0 Å². The van der Waals surface area contributed by atoms with Crippen molar-refractivity contribution in [1.82, 2.24) is 10.3 Å². The summed E-state index contributed by atoms with van der Waals surface area (Å²) in [7, 11) is 0. The fourth-order valence-electron chi connectivity index (χ4n) is 2.90. The van der Waals surface area contributed by atoms with Crippen molar-refractivity contribution >= 4 is 35.8 Å². The SMILES string of the molecule is C=N/C(CNC(=O)[C@]1(F)CC[C@@](O)(CO)c2ncccc21)=C(Cl)\C=C(/C)Cl. The minimum absolute atomic E-state index is 0.0484. The van der Waals surface area contributed by atoms with Crippen LogP contribution < -0.4 is 5.32 Å². The smallest absolute Gasteiger partial charge is 0.262 e. The van der Waals surface area contributed by atoms with E-state index < -0.39 is 23.8 Å². The zero-order valence-corrected chi connectivity index (χ0v) is 16.2. The molecule has 1 aliphatic rings. The number of rotatable bonds is 6. The second kappa shape index (κ2) is 8.48. The molecule has 0 radical (unpaired) electrons. The van der Waals surface area contributed by atoms with Crippen molar-refractivity contribution < 1.29 is 19.4 Å². The van der Waals surface area contributed by atoms with Crippen molar-refractivity contribution in [2.45, 2.75) is 31.0 Å². The third kappa shape index (κ3) is 4.38. The topological polar surface area (TPSA) is 94.8 Å². The quantitative estimate of drug-likeness (QED) is 0.491. The molecule has 0 spiro atoms. The molecule has 0 saturated heterocycles. The third-order valence-corrected chi connectivity index (χ3v) is 4.82. The number of alkyl halides is 1. The van der Waals surface area contributed by atoms with Crippen LogP contribution in [-0.4, -0.2) is 41.0 Å². The van der Waals surface area contributed by atoms with Crippen molar-refractivity contribution in [1.29, 1.82) is 0 Å². The maximum absolute atomic E-state index is 15.6. The summed E-state index contributed by atoms with van der Waals surface area (Å²) >= 11 is 11.8. The Morgan fingerprint density at radius 1 is 1.52 bits per heavy atom. The van der Waals surface area contributed by atoms with E-state index in [0.29, 0.717) is 5.03 Å². The highest BCUT2D eigenvalue weighted by atomic mass is 35.5. The van der Waals surface area contributed by atoms with Gasteiger partial charge in [0.15, 0.2) is 0 Å². The van der Waals surface area contributed by atoms with Crippen LogP contribution in [0.4, 0.5) is 4.39 Å². The molecule has 0 aliphatic heterocycles. The Balaban J connectivity index is 2.30. The Labute approximate surface area is 166 Å². The number of aliphatic hydroxyl groups excluding tert-OH is 1. The highest BCUT2D eigenvalue weighted by molar-refractivity contribution is 6.34. The number of carbonyl (C=O) groups excluding carboxylic acids is 1. The predicted octanol–water partition coefficient (Wildman–Crippen LogP) is 2.63. The Hall–Kier alpha value is -1.80. The fourth-order valence-corrected chi connectivity index (χ4v) is 3.35. The van der Waals surface area contributed by atoms with Gasteiger partial charge in [0.05, 0.1) is 29.6 Å². The van der Waals surface area contributed by atoms with Crippen molar-refractivity contribution in [3.63, 3.8) is 0 Å². The van der Waals surface area contributed by atoms with E-state index in [0.717, 1.165) is 0 Å². The molecule has 1 aliphatic carbocycles. The van der Waals surface area contributed by atoms with Gasteiger partial charge in [-0.2, -0.15) is 0 Å². The first kappa shape index (κ1) is 21.5. The van der Waals surface area contributed by atoms with Gasteiger partial charge in [0.25, 0.3) is 5.91 Å². The van der Waals surface area contributed by atoms with Gasteiger partial charge in [-0.3, -0.25) is 14.8 Å². The van der Waals surface area contributed by atoms with Gasteiger partial charge in [-0.1, -0.05) is 29.3 Å². The van der Waals surface area contributed by atoms with Gasteiger partial charge in [0.2, 0.25) is 5.67 Å². The van der Waals surface area contributed by atoms with Gasteiger partial charge < -0.3 is 15.5 Å². The van der Waals surface area contributed by atoms with E-state index in [1.807, 2.05) is 0 Å². The first-order valence-corrected chi connectivity index (χ1v) is 8.89. The number of nitrogens with zero attached hydrogens (tertiary/aromatic N) is 2. The standard InChI is InChI=1S/C18H20Cl2FN3O3/c1-11(19)8-13(20)14(22-2)9-24-16(26)18(21)6-5-17(27,10-25)15-12(18)4-3-7-23-15/h3-4,7-8,25,27H,2,5-6,9-10H2,1H3,(H,24,26)/b11-8+,14-13+/t17-,18+/m1/s1. The van der Waals surface area contributed by atoms with Crippen LogP contribution in [0.15, 0.2) is 45.2 Å². The average molecular weight is 416 g/mol. The number of amides is 1. The van der Waals surface area contributed by atoms with Gasteiger partial charge in [-0.25, -0.2) is 4.39 Å². The second-order valence-electron chi connectivity index (χ2n) is 6.26. The maximum atomic E-state index is 15.6. The number of aliphatic imine (C=N–C) groups is 1. The first-order chi connectivity index (χ1) is 12.7. The molecular weight excluding hydrogens is 396 g/mol. The lowest BCUT2D eigenvalue weighted by molar-refractivity contribution is -0.138. The summed E-state index contributed by atoms with van der Waals surface area (Å²) in [6.07, 6.45) is 2.33. The summed E-state index contributed by atoms with van der Waals surface area (Å²) in [5.41, 5.74) is -4.01. The Morgan fingerprint density at radius 3 is 2.81 bits per heavy atom. The van der Waals surface area contributed by atoms with E-state index in [4.69, 9.17) is 23.2 Å². The fraction of sp³-hybridized carbons (Fsp3) is 0.389. The van der Waals surface area contributed by atoms with Gasteiger partial charge in [-0.15, -0.1) is 0 Å². The number of aliphatic hydroxyl groups is 2. The van der Waals surface area contributed by atoms with E-state index >= 15 is 4.39 Å². The van der Waals surface area contributed by atoms with Gasteiger partial charge in [0, 0.05) is 16.8 Å². The van der Waals surface area contributed by atoms with Crippen LogP contribution >= 0.6 is 23.2 Å². The number of hydrogen-bond donors (Lipinski definition) is 3. The average Bonchev–Trinajstić information content (AvgIpc) is 2.65. The molecule has 0 aromatic carbocycles. The number of aromatic nitrogens is 1. The number of nitrogens with one attached hydrogen (secondary N) is 1. The molecule has 1 aromatic heterocycles. The third-order valence-electron chi connectivity index (χ3n) is 4.39. The lowest BCUT2D eigenvalue weighted by Gasteiger charge is -2.38. The summed E-state index contributed by atoms with van der Waals surface area (Å²) in [5, 5.41) is 23.0. The molecule has 2 rings (SSSR count). The van der Waals surface area contributed by atoms with Crippen molar-refractivity contribution in [2.75, 3.05) is 13.2 Å². The van der Waals surface area contributed by atoms with Crippen LogP contribution in [0.1, 0.15) is 31.0 Å². The number of carbonyl (C=O) groups is 1. The molecule has 3 N–H and O–H groups in total. The molecule has 27 heavy (non-hydrogen) atoms. The Kier molecular flexibility index (Phi) is 6.75. The van der Waals surface area contributed by atoms with E-state index in [-0.39, 0.29) is 41.4 Å². The molecule has 1 amide bonds. The molecule has 9 heteroatoms. The van der Waals surface area contributed by atoms with E-state index in [1.165, 1.54) is 24.4 Å². The molecule has 0 unspecified atom stereocenters. The molecule has 0 fully saturated rings. The lowest BCUT2D eigenvalue weighted by Crippen LogP contribution is -2.49. The molecule has 0 saturated carbocycles. The van der Waals surface area contributed by atoms with Crippen molar-refractivity contribution in [3.8, 4) is 0 Å². The first-order valence-electron chi connectivity index (χ1n) is 8.13. The normalized spacial score (nSPS) is 26.1. The molecule has 1 heterocycles. The molecule has 6 nitrogen and oxygen atoms in total. The zero-order valence-electron chi connectivity index (χ0n) is 14.7. The molecule has 1 aromatic rings.